The summed E-state index contributed by atoms with van der Waals surface area (Å²) in [5.41, 5.74) is 0.422. The Morgan fingerprint density at radius 2 is 2.20 bits per heavy atom. The Morgan fingerprint density at radius 3 is 2.80 bits per heavy atom. The lowest BCUT2D eigenvalue weighted by Gasteiger charge is -2.08. The van der Waals surface area contributed by atoms with Gasteiger partial charge >= 0.3 is 5.97 Å². The number of carbonyl (C=O) groups is 1. The number of rotatable bonds is 4. The van der Waals surface area contributed by atoms with Crippen molar-refractivity contribution in [1.82, 2.24) is 0 Å². The fraction of sp³-hybridized carbons (Fsp3) is 0.364. The first-order valence-corrected chi connectivity index (χ1v) is 5.13. The maximum Gasteiger partial charge on any atom is 0.324 e. The Bertz CT molecular complexity index is 341. The zero-order valence-corrected chi connectivity index (χ0v) is 9.13. The van der Waals surface area contributed by atoms with Gasteiger partial charge in [0, 0.05) is 6.42 Å². The number of carbonyl (C=O) groups excluding carboxylic acids is 1. The molecule has 15 heavy (non-hydrogen) atoms. The second kappa shape index (κ2) is 5.71. The van der Waals surface area contributed by atoms with Gasteiger partial charge in [0.25, 0.3) is 0 Å². The summed E-state index contributed by atoms with van der Waals surface area (Å²) in [4.78, 5) is 11.2. The van der Waals surface area contributed by atoms with Crippen LogP contribution in [0, 0.1) is 5.82 Å². The van der Waals surface area contributed by atoms with Gasteiger partial charge in [-0.05, 0) is 18.6 Å². The van der Waals surface area contributed by atoms with Crippen molar-refractivity contribution in [3.8, 4) is 0 Å². The predicted molar refractivity (Wildman–Crippen MR) is 56.4 cm³/mol. The summed E-state index contributed by atoms with van der Waals surface area (Å²) in [7, 11) is 0. The van der Waals surface area contributed by atoms with Crippen LogP contribution in [0.5, 0.6) is 0 Å². The second-order valence-electron chi connectivity index (χ2n) is 3.02. The fourth-order valence-electron chi connectivity index (χ4n) is 1.17. The summed E-state index contributed by atoms with van der Waals surface area (Å²) in [5, 5.41) is -0.832. The van der Waals surface area contributed by atoms with E-state index in [1.807, 2.05) is 0 Å². The number of alkyl halides is 1. The third kappa shape index (κ3) is 3.51. The number of hydrogen-bond acceptors (Lipinski definition) is 2. The average Bonchev–Trinajstić information content (AvgIpc) is 2.21. The lowest BCUT2D eigenvalue weighted by molar-refractivity contribution is -0.142. The van der Waals surface area contributed by atoms with Crippen molar-refractivity contribution >= 4 is 17.6 Å². The minimum Gasteiger partial charge on any atom is -0.465 e. The van der Waals surface area contributed by atoms with Crippen molar-refractivity contribution in [2.45, 2.75) is 18.7 Å². The van der Waals surface area contributed by atoms with Crippen molar-refractivity contribution in [2.75, 3.05) is 6.61 Å². The SMILES string of the molecule is CCOC(=O)C(Cl)Cc1ccccc1F. The van der Waals surface area contributed by atoms with Gasteiger partial charge in [-0.25, -0.2) is 4.39 Å². The lowest BCUT2D eigenvalue weighted by Crippen LogP contribution is -2.20. The van der Waals surface area contributed by atoms with E-state index in [2.05, 4.69) is 0 Å². The fourth-order valence-corrected chi connectivity index (χ4v) is 1.40. The van der Waals surface area contributed by atoms with Crippen LogP contribution in [-0.4, -0.2) is 18.0 Å². The van der Waals surface area contributed by atoms with Gasteiger partial charge < -0.3 is 4.74 Å². The van der Waals surface area contributed by atoms with E-state index in [9.17, 15) is 9.18 Å². The van der Waals surface area contributed by atoms with Crippen LogP contribution < -0.4 is 0 Å². The van der Waals surface area contributed by atoms with Crippen molar-refractivity contribution in [3.05, 3.63) is 35.6 Å². The van der Waals surface area contributed by atoms with Crippen LogP contribution in [0.25, 0.3) is 0 Å². The molecule has 1 aromatic carbocycles. The van der Waals surface area contributed by atoms with Crippen molar-refractivity contribution < 1.29 is 13.9 Å². The Kier molecular flexibility index (Phi) is 4.56. The Balaban J connectivity index is 2.62. The highest BCUT2D eigenvalue weighted by molar-refractivity contribution is 6.30. The van der Waals surface area contributed by atoms with Crippen LogP contribution >= 0.6 is 11.6 Å². The summed E-state index contributed by atoms with van der Waals surface area (Å²) < 4.78 is 17.9. The molecule has 0 fully saturated rings. The van der Waals surface area contributed by atoms with E-state index in [1.54, 1.807) is 25.1 Å². The molecule has 0 radical (unpaired) electrons. The van der Waals surface area contributed by atoms with E-state index in [4.69, 9.17) is 16.3 Å². The molecule has 2 nitrogen and oxygen atoms in total. The number of hydrogen-bond donors (Lipinski definition) is 0. The van der Waals surface area contributed by atoms with E-state index in [-0.39, 0.29) is 18.8 Å². The summed E-state index contributed by atoms with van der Waals surface area (Å²) >= 11 is 5.78. The lowest BCUT2D eigenvalue weighted by atomic mass is 10.1. The molecule has 0 N–H and O–H groups in total. The molecule has 82 valence electrons. The quantitative estimate of drug-likeness (QED) is 0.587. The monoisotopic (exact) mass is 230 g/mol. The highest BCUT2D eigenvalue weighted by Gasteiger charge is 2.18. The molecule has 0 aliphatic heterocycles. The molecule has 1 rings (SSSR count). The summed E-state index contributed by atoms with van der Waals surface area (Å²) in [6.45, 7) is 1.98. The summed E-state index contributed by atoms with van der Waals surface area (Å²) in [6.07, 6.45) is 0.146. The molecule has 0 aromatic heterocycles. The van der Waals surface area contributed by atoms with Crippen LogP contribution in [0.2, 0.25) is 0 Å². The van der Waals surface area contributed by atoms with Crippen LogP contribution in [-0.2, 0) is 16.0 Å². The maximum absolute atomic E-state index is 13.2. The standard InChI is InChI=1S/C11H12ClFO2/c1-2-15-11(14)9(12)7-8-5-3-4-6-10(8)13/h3-6,9H,2,7H2,1H3. The Hall–Kier alpha value is -1.09. The van der Waals surface area contributed by atoms with Crippen molar-refractivity contribution in [1.29, 1.82) is 0 Å². The molecule has 1 unspecified atom stereocenters. The molecule has 0 aliphatic rings. The number of halogens is 2. The topological polar surface area (TPSA) is 26.3 Å². The van der Waals surface area contributed by atoms with Gasteiger partial charge in [0.05, 0.1) is 6.61 Å². The first-order chi connectivity index (χ1) is 7.15. The van der Waals surface area contributed by atoms with Crippen LogP contribution in [0.3, 0.4) is 0 Å². The summed E-state index contributed by atoms with van der Waals surface area (Å²) in [5.74, 6) is -0.866. The Labute approximate surface area is 93.0 Å². The smallest absolute Gasteiger partial charge is 0.324 e. The molecule has 0 saturated heterocycles. The van der Waals surface area contributed by atoms with E-state index in [1.165, 1.54) is 6.07 Å². The molecule has 4 heteroatoms. The van der Waals surface area contributed by atoms with Crippen LogP contribution in [0.4, 0.5) is 4.39 Å². The largest absolute Gasteiger partial charge is 0.465 e. The molecule has 0 spiro atoms. The zero-order valence-electron chi connectivity index (χ0n) is 8.37. The molecule has 1 atom stereocenters. The number of esters is 1. The average molecular weight is 231 g/mol. The van der Waals surface area contributed by atoms with Crippen LogP contribution in [0.15, 0.2) is 24.3 Å². The molecular weight excluding hydrogens is 219 g/mol. The van der Waals surface area contributed by atoms with Crippen molar-refractivity contribution in [3.63, 3.8) is 0 Å². The van der Waals surface area contributed by atoms with Gasteiger partial charge in [-0.2, -0.15) is 0 Å². The van der Waals surface area contributed by atoms with Gasteiger partial charge in [0.2, 0.25) is 0 Å². The predicted octanol–water partition coefficient (Wildman–Crippen LogP) is 2.54. The first-order valence-electron chi connectivity index (χ1n) is 4.69. The minimum absolute atomic E-state index is 0.146. The van der Waals surface area contributed by atoms with Gasteiger partial charge in [0.1, 0.15) is 11.2 Å². The third-order valence-electron chi connectivity index (χ3n) is 1.90. The molecule has 0 amide bonds. The zero-order chi connectivity index (χ0) is 11.3. The Morgan fingerprint density at radius 1 is 1.53 bits per heavy atom. The first kappa shape index (κ1) is 12.0. The van der Waals surface area contributed by atoms with Gasteiger partial charge in [0.15, 0.2) is 0 Å². The normalized spacial score (nSPS) is 12.2. The van der Waals surface area contributed by atoms with E-state index < -0.39 is 11.3 Å². The van der Waals surface area contributed by atoms with Gasteiger partial charge in [-0.1, -0.05) is 18.2 Å². The van der Waals surface area contributed by atoms with E-state index >= 15 is 0 Å². The second-order valence-corrected chi connectivity index (χ2v) is 3.54. The molecule has 0 bridgehead atoms. The molecule has 0 heterocycles. The number of benzene rings is 1. The summed E-state index contributed by atoms with van der Waals surface area (Å²) in [6, 6.07) is 6.23. The maximum atomic E-state index is 13.2. The van der Waals surface area contributed by atoms with Gasteiger partial charge in [-0.3, -0.25) is 4.79 Å². The molecule has 0 aliphatic carbocycles. The highest BCUT2D eigenvalue weighted by Crippen LogP contribution is 2.13. The van der Waals surface area contributed by atoms with Crippen molar-refractivity contribution in [2.24, 2.45) is 0 Å². The third-order valence-corrected chi connectivity index (χ3v) is 2.23. The minimum atomic E-state index is -0.832. The number of ether oxygens (including phenoxy) is 1. The van der Waals surface area contributed by atoms with Crippen LogP contribution in [0.1, 0.15) is 12.5 Å². The molecular formula is C11H12ClFO2. The van der Waals surface area contributed by atoms with Gasteiger partial charge in [-0.15, -0.1) is 11.6 Å². The molecule has 0 saturated carbocycles. The van der Waals surface area contributed by atoms with E-state index in [0.717, 1.165) is 0 Å². The van der Waals surface area contributed by atoms with E-state index in [0.29, 0.717) is 5.56 Å². The molecule has 1 aromatic rings. The highest BCUT2D eigenvalue weighted by atomic mass is 35.5.